The molecule has 3 heteroatoms. The van der Waals surface area contributed by atoms with Crippen molar-refractivity contribution in [1.29, 1.82) is 0 Å². The molecule has 0 heterocycles. The summed E-state index contributed by atoms with van der Waals surface area (Å²) >= 11 is 3.28. The molecular formula is C6H13BrO2. The van der Waals surface area contributed by atoms with Crippen LogP contribution in [0, 0.1) is 0 Å². The minimum Gasteiger partial charge on any atom is -0.353 e. The zero-order chi connectivity index (χ0) is 7.33. The van der Waals surface area contributed by atoms with Gasteiger partial charge in [-0.15, -0.1) is 0 Å². The molecule has 0 radical (unpaired) electrons. The number of halogens is 1. The summed E-state index contributed by atoms with van der Waals surface area (Å²) in [6.45, 7) is 4.52. The normalized spacial score (nSPS) is 17.3. The highest BCUT2D eigenvalue weighted by atomic mass is 79.9. The van der Waals surface area contributed by atoms with E-state index in [1.807, 2.05) is 13.8 Å². The third-order valence-electron chi connectivity index (χ3n) is 1.12. The first-order valence-electron chi connectivity index (χ1n) is 2.93. The van der Waals surface area contributed by atoms with Crippen LogP contribution in [0.15, 0.2) is 0 Å². The van der Waals surface area contributed by atoms with E-state index in [-0.39, 0.29) is 0 Å². The Hall–Kier alpha value is 0.400. The van der Waals surface area contributed by atoms with E-state index in [2.05, 4.69) is 15.9 Å². The van der Waals surface area contributed by atoms with E-state index in [4.69, 9.17) is 9.47 Å². The number of hydrogen-bond acceptors (Lipinski definition) is 2. The molecule has 0 aromatic carbocycles. The Morgan fingerprint density at radius 1 is 1.56 bits per heavy atom. The highest BCUT2D eigenvalue weighted by Crippen LogP contribution is 2.13. The van der Waals surface area contributed by atoms with E-state index in [1.54, 1.807) is 7.11 Å². The Kier molecular flexibility index (Phi) is 4.44. The maximum Gasteiger partial charge on any atom is 0.174 e. The molecule has 56 valence electrons. The molecule has 9 heavy (non-hydrogen) atoms. The van der Waals surface area contributed by atoms with Gasteiger partial charge in [0.1, 0.15) is 0 Å². The van der Waals surface area contributed by atoms with Crippen LogP contribution in [0.1, 0.15) is 13.8 Å². The van der Waals surface area contributed by atoms with Crippen molar-refractivity contribution < 1.29 is 9.47 Å². The van der Waals surface area contributed by atoms with Crippen molar-refractivity contribution in [2.45, 2.75) is 19.6 Å². The van der Waals surface area contributed by atoms with Gasteiger partial charge >= 0.3 is 0 Å². The zero-order valence-electron chi connectivity index (χ0n) is 6.11. The fourth-order valence-electron chi connectivity index (χ4n) is 0.457. The second-order valence-corrected chi connectivity index (χ2v) is 2.47. The highest BCUT2D eigenvalue weighted by molar-refractivity contribution is 9.09. The van der Waals surface area contributed by atoms with Crippen molar-refractivity contribution in [2.75, 3.05) is 19.0 Å². The lowest BCUT2D eigenvalue weighted by Gasteiger charge is -2.24. The number of hydrogen-bond donors (Lipinski definition) is 0. The van der Waals surface area contributed by atoms with Crippen LogP contribution in [0.25, 0.3) is 0 Å². The van der Waals surface area contributed by atoms with Crippen LogP contribution < -0.4 is 0 Å². The Morgan fingerprint density at radius 3 is 2.22 bits per heavy atom. The molecule has 0 rings (SSSR count). The van der Waals surface area contributed by atoms with E-state index in [0.29, 0.717) is 11.9 Å². The Bertz CT molecular complexity index is 71.5. The molecule has 0 N–H and O–H groups in total. The second kappa shape index (κ2) is 4.25. The first-order chi connectivity index (χ1) is 4.18. The molecule has 0 aliphatic carbocycles. The van der Waals surface area contributed by atoms with Crippen LogP contribution in [0.4, 0.5) is 0 Å². The van der Waals surface area contributed by atoms with E-state index >= 15 is 0 Å². The van der Waals surface area contributed by atoms with Gasteiger partial charge in [-0.25, -0.2) is 0 Å². The molecule has 0 fully saturated rings. The topological polar surface area (TPSA) is 18.5 Å². The number of methoxy groups -OCH3 is 1. The molecule has 0 saturated carbocycles. The van der Waals surface area contributed by atoms with Gasteiger partial charge in [-0.2, -0.15) is 0 Å². The third kappa shape index (κ3) is 3.18. The predicted octanol–water partition coefficient (Wildman–Crippen LogP) is 1.78. The van der Waals surface area contributed by atoms with E-state index in [0.717, 1.165) is 0 Å². The summed E-state index contributed by atoms with van der Waals surface area (Å²) < 4.78 is 10.3. The van der Waals surface area contributed by atoms with Crippen LogP contribution in [-0.4, -0.2) is 24.8 Å². The molecule has 0 spiro atoms. The van der Waals surface area contributed by atoms with Gasteiger partial charge in [-0.1, -0.05) is 15.9 Å². The largest absolute Gasteiger partial charge is 0.353 e. The average Bonchev–Trinajstić information content (AvgIpc) is 1.89. The van der Waals surface area contributed by atoms with E-state index in [1.165, 1.54) is 0 Å². The molecule has 0 aliphatic rings. The van der Waals surface area contributed by atoms with Gasteiger partial charge < -0.3 is 9.47 Å². The fraction of sp³-hybridized carbons (Fsp3) is 1.00. The number of ether oxygens (including phenoxy) is 2. The summed E-state index contributed by atoms with van der Waals surface area (Å²) in [5.74, 6) is -0.450. The van der Waals surface area contributed by atoms with Crippen molar-refractivity contribution >= 4 is 15.9 Å². The van der Waals surface area contributed by atoms with Gasteiger partial charge in [-0.05, 0) is 13.8 Å². The van der Waals surface area contributed by atoms with Gasteiger partial charge in [0.05, 0.1) is 5.33 Å². The molecule has 0 saturated heterocycles. The van der Waals surface area contributed by atoms with Crippen molar-refractivity contribution in [2.24, 2.45) is 0 Å². The SMILES string of the molecule is CCOC(C)(CBr)OC. The van der Waals surface area contributed by atoms with Crippen LogP contribution >= 0.6 is 15.9 Å². The first kappa shape index (κ1) is 9.40. The zero-order valence-corrected chi connectivity index (χ0v) is 7.69. The molecule has 0 amide bonds. The van der Waals surface area contributed by atoms with Crippen molar-refractivity contribution in [1.82, 2.24) is 0 Å². The molecule has 1 atom stereocenters. The maximum absolute atomic E-state index is 5.26. The Morgan fingerprint density at radius 2 is 2.11 bits per heavy atom. The van der Waals surface area contributed by atoms with Crippen LogP contribution in [0.5, 0.6) is 0 Å². The van der Waals surface area contributed by atoms with Crippen LogP contribution in [0.2, 0.25) is 0 Å². The lowest BCUT2D eigenvalue weighted by atomic mass is 10.4. The molecule has 0 aliphatic heterocycles. The average molecular weight is 197 g/mol. The lowest BCUT2D eigenvalue weighted by molar-refractivity contribution is -0.189. The standard InChI is InChI=1S/C6H13BrO2/c1-4-9-6(2,5-7)8-3/h4-5H2,1-3H3. The molecule has 0 aromatic heterocycles. The summed E-state index contributed by atoms with van der Waals surface area (Å²) in [5.41, 5.74) is 0. The van der Waals surface area contributed by atoms with Gasteiger partial charge in [0, 0.05) is 13.7 Å². The molecule has 0 aromatic rings. The monoisotopic (exact) mass is 196 g/mol. The summed E-state index contributed by atoms with van der Waals surface area (Å²) in [7, 11) is 1.64. The predicted molar refractivity (Wildman–Crippen MR) is 40.8 cm³/mol. The molecule has 1 unspecified atom stereocenters. The minimum atomic E-state index is -0.450. The minimum absolute atomic E-state index is 0.450. The maximum atomic E-state index is 5.26. The van der Waals surface area contributed by atoms with E-state index < -0.39 is 5.79 Å². The number of alkyl halides is 1. The highest BCUT2D eigenvalue weighted by Gasteiger charge is 2.20. The Labute approximate surface area is 64.7 Å². The molecule has 2 nitrogen and oxygen atoms in total. The van der Waals surface area contributed by atoms with Gasteiger partial charge in [0.25, 0.3) is 0 Å². The van der Waals surface area contributed by atoms with Crippen LogP contribution in [0.3, 0.4) is 0 Å². The second-order valence-electron chi connectivity index (χ2n) is 1.90. The van der Waals surface area contributed by atoms with Crippen molar-refractivity contribution in [3.05, 3.63) is 0 Å². The van der Waals surface area contributed by atoms with Crippen LogP contribution in [-0.2, 0) is 9.47 Å². The van der Waals surface area contributed by atoms with Gasteiger partial charge in [0.2, 0.25) is 0 Å². The summed E-state index contributed by atoms with van der Waals surface area (Å²) in [6.07, 6.45) is 0. The molecule has 0 bridgehead atoms. The fourth-order valence-corrected chi connectivity index (χ4v) is 0.848. The van der Waals surface area contributed by atoms with Gasteiger partial charge in [0.15, 0.2) is 5.79 Å². The Balaban J connectivity index is 3.62. The molecular weight excluding hydrogens is 184 g/mol. The summed E-state index contributed by atoms with van der Waals surface area (Å²) in [6, 6.07) is 0. The summed E-state index contributed by atoms with van der Waals surface area (Å²) in [4.78, 5) is 0. The number of rotatable bonds is 4. The van der Waals surface area contributed by atoms with E-state index in [9.17, 15) is 0 Å². The lowest BCUT2D eigenvalue weighted by Crippen LogP contribution is -2.32. The van der Waals surface area contributed by atoms with Gasteiger partial charge in [-0.3, -0.25) is 0 Å². The summed E-state index contributed by atoms with van der Waals surface area (Å²) in [5, 5.41) is 0.699. The smallest absolute Gasteiger partial charge is 0.174 e. The first-order valence-corrected chi connectivity index (χ1v) is 4.05. The quantitative estimate of drug-likeness (QED) is 0.505. The third-order valence-corrected chi connectivity index (χ3v) is 2.14. The van der Waals surface area contributed by atoms with Crippen molar-refractivity contribution in [3.8, 4) is 0 Å². The van der Waals surface area contributed by atoms with Crippen molar-refractivity contribution in [3.63, 3.8) is 0 Å².